The molecule has 2 N–H and O–H groups in total. The topological polar surface area (TPSA) is 83.5 Å². The minimum atomic E-state index is -4.05. The SMILES string of the molecule is CCC(=O)NC(C)(C)CS(=O)(=O)O. The highest BCUT2D eigenvalue weighted by Crippen LogP contribution is 2.05. The molecule has 0 radical (unpaired) electrons. The maximum Gasteiger partial charge on any atom is 0.267 e. The molecular formula is C7H15NO4S. The molecule has 1 amide bonds. The Hall–Kier alpha value is -0.620. The van der Waals surface area contributed by atoms with Gasteiger partial charge in [-0.05, 0) is 13.8 Å². The van der Waals surface area contributed by atoms with Gasteiger partial charge in [0.25, 0.3) is 10.1 Å². The lowest BCUT2D eigenvalue weighted by Crippen LogP contribution is -2.48. The van der Waals surface area contributed by atoms with Gasteiger partial charge in [0.05, 0.1) is 11.3 Å². The number of rotatable bonds is 4. The van der Waals surface area contributed by atoms with Crippen molar-refractivity contribution in [2.24, 2.45) is 0 Å². The summed E-state index contributed by atoms with van der Waals surface area (Å²) < 4.78 is 29.6. The van der Waals surface area contributed by atoms with Gasteiger partial charge in [0.15, 0.2) is 0 Å². The quantitative estimate of drug-likeness (QED) is 0.647. The molecule has 0 aliphatic rings. The second-order valence-electron chi connectivity index (χ2n) is 3.51. The smallest absolute Gasteiger partial charge is 0.267 e. The van der Waals surface area contributed by atoms with Crippen LogP contribution < -0.4 is 5.32 Å². The maximum atomic E-state index is 10.9. The second kappa shape index (κ2) is 4.06. The molecule has 78 valence electrons. The fraction of sp³-hybridized carbons (Fsp3) is 0.857. The first-order chi connectivity index (χ1) is 5.66. The van der Waals surface area contributed by atoms with Gasteiger partial charge in [0, 0.05) is 6.42 Å². The van der Waals surface area contributed by atoms with Gasteiger partial charge in [-0.15, -0.1) is 0 Å². The van der Waals surface area contributed by atoms with Crippen LogP contribution in [0, 0.1) is 0 Å². The molecule has 13 heavy (non-hydrogen) atoms. The summed E-state index contributed by atoms with van der Waals surface area (Å²) in [6.07, 6.45) is 0.287. The van der Waals surface area contributed by atoms with E-state index >= 15 is 0 Å². The van der Waals surface area contributed by atoms with Crippen molar-refractivity contribution in [3.05, 3.63) is 0 Å². The first-order valence-electron chi connectivity index (χ1n) is 3.92. The molecule has 0 aliphatic carbocycles. The van der Waals surface area contributed by atoms with Gasteiger partial charge >= 0.3 is 0 Å². The molecule has 0 spiro atoms. The van der Waals surface area contributed by atoms with Crippen LogP contribution in [0.5, 0.6) is 0 Å². The number of hydrogen-bond acceptors (Lipinski definition) is 3. The van der Waals surface area contributed by atoms with Gasteiger partial charge in [0.1, 0.15) is 0 Å². The summed E-state index contributed by atoms with van der Waals surface area (Å²) >= 11 is 0. The third-order valence-corrected chi connectivity index (χ3v) is 2.43. The van der Waals surface area contributed by atoms with Gasteiger partial charge in [0.2, 0.25) is 5.91 Å². The van der Waals surface area contributed by atoms with Crippen molar-refractivity contribution in [1.82, 2.24) is 5.32 Å². The fourth-order valence-electron chi connectivity index (χ4n) is 0.958. The van der Waals surface area contributed by atoms with E-state index in [9.17, 15) is 13.2 Å². The van der Waals surface area contributed by atoms with E-state index in [0.717, 1.165) is 0 Å². The van der Waals surface area contributed by atoms with E-state index in [1.165, 1.54) is 13.8 Å². The molecule has 0 aromatic carbocycles. The Morgan fingerprint density at radius 3 is 2.23 bits per heavy atom. The molecule has 0 aromatic heterocycles. The zero-order valence-electron chi connectivity index (χ0n) is 7.99. The Labute approximate surface area is 78.3 Å². The normalized spacial score (nSPS) is 12.6. The highest BCUT2D eigenvalue weighted by atomic mass is 32.2. The molecule has 0 rings (SSSR count). The molecular weight excluding hydrogens is 194 g/mol. The van der Waals surface area contributed by atoms with Gasteiger partial charge < -0.3 is 5.32 Å². The molecule has 0 aliphatic heterocycles. The lowest BCUT2D eigenvalue weighted by Gasteiger charge is -2.24. The monoisotopic (exact) mass is 209 g/mol. The van der Waals surface area contributed by atoms with Crippen LogP contribution in [0.2, 0.25) is 0 Å². The molecule has 0 bridgehead atoms. The standard InChI is InChI=1S/C7H15NO4S/c1-4-6(9)8-7(2,3)5-13(10,11)12/h4-5H2,1-3H3,(H,8,9)(H,10,11,12). The average Bonchev–Trinajstić information content (AvgIpc) is 1.80. The molecule has 6 heteroatoms. The van der Waals surface area contributed by atoms with Gasteiger partial charge in [-0.25, -0.2) is 0 Å². The van der Waals surface area contributed by atoms with E-state index in [4.69, 9.17) is 4.55 Å². The van der Waals surface area contributed by atoms with E-state index < -0.39 is 21.4 Å². The first-order valence-corrected chi connectivity index (χ1v) is 5.53. The zero-order chi connectivity index (χ0) is 10.7. The average molecular weight is 209 g/mol. The largest absolute Gasteiger partial charge is 0.350 e. The van der Waals surface area contributed by atoms with E-state index in [1.807, 2.05) is 0 Å². The Bertz CT molecular complexity index is 281. The van der Waals surface area contributed by atoms with E-state index in [-0.39, 0.29) is 12.3 Å². The molecule has 0 unspecified atom stereocenters. The lowest BCUT2D eigenvalue weighted by molar-refractivity contribution is -0.122. The number of carbonyl (C=O) groups excluding carboxylic acids is 1. The summed E-state index contributed by atoms with van der Waals surface area (Å²) in [6, 6.07) is 0. The highest BCUT2D eigenvalue weighted by Gasteiger charge is 2.25. The summed E-state index contributed by atoms with van der Waals surface area (Å²) in [5.74, 6) is -0.722. The van der Waals surface area contributed by atoms with E-state index in [0.29, 0.717) is 0 Å². The predicted molar refractivity (Wildman–Crippen MR) is 48.9 cm³/mol. The van der Waals surface area contributed by atoms with Crippen molar-refractivity contribution in [1.29, 1.82) is 0 Å². The van der Waals surface area contributed by atoms with Crippen molar-refractivity contribution >= 4 is 16.0 Å². The van der Waals surface area contributed by atoms with Gasteiger partial charge in [-0.3, -0.25) is 9.35 Å². The molecule has 0 aromatic rings. The first kappa shape index (κ1) is 12.4. The van der Waals surface area contributed by atoms with E-state index in [2.05, 4.69) is 5.32 Å². The van der Waals surface area contributed by atoms with Crippen molar-refractivity contribution in [2.45, 2.75) is 32.7 Å². The van der Waals surface area contributed by atoms with Crippen molar-refractivity contribution in [3.8, 4) is 0 Å². The van der Waals surface area contributed by atoms with Gasteiger partial charge in [-0.2, -0.15) is 8.42 Å². The predicted octanol–water partition coefficient (Wildman–Crippen LogP) is 0.179. The van der Waals surface area contributed by atoms with Gasteiger partial charge in [-0.1, -0.05) is 6.92 Å². The Balaban J connectivity index is 4.33. The number of hydrogen-bond donors (Lipinski definition) is 2. The van der Waals surface area contributed by atoms with Crippen molar-refractivity contribution < 1.29 is 17.8 Å². The number of carbonyl (C=O) groups is 1. The minimum absolute atomic E-state index is 0.242. The van der Waals surface area contributed by atoms with Crippen molar-refractivity contribution in [2.75, 3.05) is 5.75 Å². The lowest BCUT2D eigenvalue weighted by atomic mass is 10.1. The third-order valence-electron chi connectivity index (χ3n) is 1.34. The van der Waals surface area contributed by atoms with E-state index in [1.54, 1.807) is 6.92 Å². The molecule has 5 nitrogen and oxygen atoms in total. The molecule has 0 fully saturated rings. The van der Waals surface area contributed by atoms with Crippen LogP contribution in [0.25, 0.3) is 0 Å². The third kappa shape index (κ3) is 6.53. The summed E-state index contributed by atoms with van der Waals surface area (Å²) in [5.41, 5.74) is -0.930. The van der Waals surface area contributed by atoms with Crippen LogP contribution >= 0.6 is 0 Å². The molecule has 0 atom stereocenters. The molecule has 0 saturated heterocycles. The molecule has 0 heterocycles. The Kier molecular flexibility index (Phi) is 3.87. The van der Waals surface area contributed by atoms with Crippen LogP contribution in [0.4, 0.5) is 0 Å². The zero-order valence-corrected chi connectivity index (χ0v) is 8.81. The Morgan fingerprint density at radius 2 is 1.92 bits per heavy atom. The summed E-state index contributed by atoms with van der Waals surface area (Å²) in [5, 5.41) is 2.48. The summed E-state index contributed by atoms with van der Waals surface area (Å²) in [7, 11) is -4.05. The maximum absolute atomic E-state index is 10.9. The highest BCUT2D eigenvalue weighted by molar-refractivity contribution is 7.85. The van der Waals surface area contributed by atoms with Crippen LogP contribution in [0.15, 0.2) is 0 Å². The van der Waals surface area contributed by atoms with Crippen LogP contribution in [-0.2, 0) is 14.9 Å². The minimum Gasteiger partial charge on any atom is -0.350 e. The number of amides is 1. The summed E-state index contributed by atoms with van der Waals surface area (Å²) in [4.78, 5) is 10.9. The second-order valence-corrected chi connectivity index (χ2v) is 4.96. The van der Waals surface area contributed by atoms with Crippen LogP contribution in [-0.4, -0.2) is 30.2 Å². The van der Waals surface area contributed by atoms with Crippen LogP contribution in [0.3, 0.4) is 0 Å². The van der Waals surface area contributed by atoms with Crippen LogP contribution in [0.1, 0.15) is 27.2 Å². The molecule has 0 saturated carbocycles. The number of nitrogens with one attached hydrogen (secondary N) is 1. The summed E-state index contributed by atoms with van der Waals surface area (Å²) in [6.45, 7) is 4.74. The van der Waals surface area contributed by atoms with Crippen molar-refractivity contribution in [3.63, 3.8) is 0 Å². The Morgan fingerprint density at radius 1 is 1.46 bits per heavy atom. The fourth-order valence-corrected chi connectivity index (χ4v) is 1.94.